The third kappa shape index (κ3) is 1.24. The van der Waals surface area contributed by atoms with Gasteiger partial charge >= 0.3 is 0 Å². The zero-order chi connectivity index (χ0) is 5.98. The third-order valence-corrected chi connectivity index (χ3v) is 1.09. The molecule has 0 spiro atoms. The molecule has 0 radical (unpaired) electrons. The van der Waals surface area contributed by atoms with Crippen molar-refractivity contribution in [2.24, 2.45) is 0 Å². The Morgan fingerprint density at radius 1 is 1.62 bits per heavy atom. The van der Waals surface area contributed by atoms with Crippen molar-refractivity contribution in [3.05, 3.63) is 23.5 Å². The minimum atomic E-state index is 0.560. The van der Waals surface area contributed by atoms with E-state index in [-0.39, 0.29) is 0 Å². The summed E-state index contributed by atoms with van der Waals surface area (Å²) >= 11 is 5.53. The number of rotatable bonds is 0. The first kappa shape index (κ1) is 5.64. The molecule has 0 unspecified atom stereocenters. The molecule has 0 fully saturated rings. The van der Waals surface area contributed by atoms with Gasteiger partial charge in [-0.3, -0.25) is 0 Å². The molecule has 3 heteroatoms. The first-order valence-electron chi connectivity index (χ1n) is 2.37. The number of nitrogens with zero attached hydrogens (tertiary/aromatic N) is 1. The average Bonchev–Trinajstić information content (AvgIpc) is 1.64. The van der Waals surface area contributed by atoms with Crippen LogP contribution < -0.4 is 5.46 Å². The molecular formula is C5H5BClN. The van der Waals surface area contributed by atoms with E-state index in [1.165, 1.54) is 0 Å². The van der Waals surface area contributed by atoms with Crippen molar-refractivity contribution >= 4 is 24.9 Å². The van der Waals surface area contributed by atoms with Crippen molar-refractivity contribution in [2.45, 2.75) is 0 Å². The second-order valence-electron chi connectivity index (χ2n) is 1.66. The summed E-state index contributed by atoms with van der Waals surface area (Å²) in [5.41, 5.74) is 1.14. The predicted octanol–water partition coefficient (Wildman–Crippen LogP) is -0.00660. The Hall–Kier alpha value is -0.495. The highest BCUT2D eigenvalue weighted by Gasteiger charge is 1.84. The number of hydrogen-bond donors (Lipinski definition) is 0. The molecule has 0 amide bonds. The highest BCUT2D eigenvalue weighted by molar-refractivity contribution is 6.35. The van der Waals surface area contributed by atoms with E-state index >= 15 is 0 Å². The zero-order valence-corrected chi connectivity index (χ0v) is 5.31. The maximum absolute atomic E-state index is 5.53. The Balaban J connectivity index is 3.08. The summed E-state index contributed by atoms with van der Waals surface area (Å²) in [5, 5.41) is 0.560. The second kappa shape index (κ2) is 2.18. The lowest BCUT2D eigenvalue weighted by molar-refractivity contribution is 1.34. The molecule has 0 aromatic carbocycles. The molecule has 40 valence electrons. The first-order valence-corrected chi connectivity index (χ1v) is 2.75. The van der Waals surface area contributed by atoms with E-state index in [0.29, 0.717) is 5.15 Å². The smallest absolute Gasteiger partial charge is 0.139 e. The van der Waals surface area contributed by atoms with Crippen LogP contribution in [-0.2, 0) is 0 Å². The van der Waals surface area contributed by atoms with Gasteiger partial charge < -0.3 is 0 Å². The summed E-state index contributed by atoms with van der Waals surface area (Å²) in [6.07, 6.45) is 1.69. The number of aromatic nitrogens is 1. The van der Waals surface area contributed by atoms with Crippen LogP contribution in [0.3, 0.4) is 0 Å². The Morgan fingerprint density at radius 2 is 2.38 bits per heavy atom. The number of halogens is 1. The molecule has 0 atom stereocenters. The normalized spacial score (nSPS) is 9.12. The molecule has 1 heterocycles. The third-order valence-electron chi connectivity index (χ3n) is 0.882. The highest BCUT2D eigenvalue weighted by atomic mass is 35.5. The van der Waals surface area contributed by atoms with Crippen molar-refractivity contribution < 1.29 is 0 Å². The Labute approximate surface area is 54.1 Å². The SMILES string of the molecule is Bc1ccnc(Cl)c1. The fourth-order valence-corrected chi connectivity index (χ4v) is 0.728. The lowest BCUT2D eigenvalue weighted by atomic mass is 9.99. The molecular weight excluding hydrogens is 120 g/mol. The summed E-state index contributed by atoms with van der Waals surface area (Å²) in [5.74, 6) is 0. The molecule has 0 N–H and O–H groups in total. The van der Waals surface area contributed by atoms with Crippen molar-refractivity contribution in [2.75, 3.05) is 0 Å². The van der Waals surface area contributed by atoms with Gasteiger partial charge in [-0.15, -0.1) is 0 Å². The van der Waals surface area contributed by atoms with E-state index < -0.39 is 0 Å². The first-order chi connectivity index (χ1) is 3.79. The van der Waals surface area contributed by atoms with Crippen LogP contribution in [0, 0.1) is 0 Å². The molecule has 0 aliphatic carbocycles. The molecule has 0 saturated heterocycles. The molecule has 0 bridgehead atoms. The maximum atomic E-state index is 5.53. The van der Waals surface area contributed by atoms with E-state index in [1.54, 1.807) is 6.20 Å². The van der Waals surface area contributed by atoms with Crippen molar-refractivity contribution in [3.8, 4) is 0 Å². The van der Waals surface area contributed by atoms with Crippen LogP contribution in [0.5, 0.6) is 0 Å². The van der Waals surface area contributed by atoms with Gasteiger partial charge in [0.25, 0.3) is 0 Å². The van der Waals surface area contributed by atoms with Crippen LogP contribution in [0.4, 0.5) is 0 Å². The minimum absolute atomic E-state index is 0.560. The topological polar surface area (TPSA) is 12.9 Å². The number of pyridine rings is 1. The van der Waals surface area contributed by atoms with Gasteiger partial charge in [0, 0.05) is 6.20 Å². The van der Waals surface area contributed by atoms with E-state index in [4.69, 9.17) is 11.6 Å². The predicted molar refractivity (Wildman–Crippen MR) is 37.4 cm³/mol. The molecule has 0 saturated carbocycles. The molecule has 1 aromatic rings. The summed E-state index contributed by atoms with van der Waals surface area (Å²) in [6, 6.07) is 3.73. The van der Waals surface area contributed by atoms with Gasteiger partial charge in [-0.05, 0) is 6.07 Å². The van der Waals surface area contributed by atoms with E-state index in [2.05, 4.69) is 4.98 Å². The Morgan fingerprint density at radius 3 is 2.75 bits per heavy atom. The largest absolute Gasteiger partial charge is 0.245 e. The van der Waals surface area contributed by atoms with Crippen LogP contribution in [0.2, 0.25) is 5.15 Å². The lowest BCUT2D eigenvalue weighted by Crippen LogP contribution is -2.00. The Kier molecular flexibility index (Phi) is 1.54. The van der Waals surface area contributed by atoms with Gasteiger partial charge in [-0.2, -0.15) is 0 Å². The summed E-state index contributed by atoms with van der Waals surface area (Å²) in [7, 11) is 1.98. The van der Waals surface area contributed by atoms with Crippen molar-refractivity contribution in [1.82, 2.24) is 4.98 Å². The molecule has 0 aliphatic heterocycles. The van der Waals surface area contributed by atoms with Gasteiger partial charge in [-0.25, -0.2) is 4.98 Å². The molecule has 0 aliphatic rings. The average molecular weight is 125 g/mol. The van der Waals surface area contributed by atoms with Crippen LogP contribution in [0.25, 0.3) is 0 Å². The van der Waals surface area contributed by atoms with Gasteiger partial charge in [0.1, 0.15) is 13.0 Å². The fourth-order valence-electron chi connectivity index (χ4n) is 0.499. The minimum Gasteiger partial charge on any atom is -0.245 e. The highest BCUT2D eigenvalue weighted by Crippen LogP contribution is 1.96. The van der Waals surface area contributed by atoms with Crippen molar-refractivity contribution in [1.29, 1.82) is 0 Å². The van der Waals surface area contributed by atoms with Crippen LogP contribution in [-0.4, -0.2) is 12.8 Å². The van der Waals surface area contributed by atoms with Gasteiger partial charge in [0.05, 0.1) is 0 Å². The fraction of sp³-hybridized carbons (Fsp3) is 0. The summed E-state index contributed by atoms with van der Waals surface area (Å²) in [4.78, 5) is 3.81. The molecule has 8 heavy (non-hydrogen) atoms. The van der Waals surface area contributed by atoms with E-state index in [9.17, 15) is 0 Å². The van der Waals surface area contributed by atoms with Crippen molar-refractivity contribution in [3.63, 3.8) is 0 Å². The number of hydrogen-bond acceptors (Lipinski definition) is 1. The standard InChI is InChI=1S/C5H5BClN/c6-4-1-2-8-5(7)3-4/h1-3H,6H2. The maximum Gasteiger partial charge on any atom is 0.139 e. The van der Waals surface area contributed by atoms with Crippen LogP contribution in [0.1, 0.15) is 0 Å². The van der Waals surface area contributed by atoms with Gasteiger partial charge in [-0.1, -0.05) is 23.1 Å². The van der Waals surface area contributed by atoms with E-state index in [1.807, 2.05) is 20.0 Å². The van der Waals surface area contributed by atoms with Crippen LogP contribution >= 0.6 is 11.6 Å². The molecule has 1 aromatic heterocycles. The monoisotopic (exact) mass is 125 g/mol. The van der Waals surface area contributed by atoms with Gasteiger partial charge in [0.15, 0.2) is 0 Å². The quantitative estimate of drug-likeness (QED) is 0.351. The van der Waals surface area contributed by atoms with Crippen LogP contribution in [0.15, 0.2) is 18.3 Å². The zero-order valence-electron chi connectivity index (χ0n) is 4.56. The second-order valence-corrected chi connectivity index (χ2v) is 2.04. The molecule has 1 rings (SSSR count). The van der Waals surface area contributed by atoms with E-state index in [0.717, 1.165) is 5.46 Å². The lowest BCUT2D eigenvalue weighted by Gasteiger charge is -1.88. The van der Waals surface area contributed by atoms with Gasteiger partial charge in [0.2, 0.25) is 0 Å². The summed E-state index contributed by atoms with van der Waals surface area (Å²) in [6.45, 7) is 0. The Bertz CT molecular complexity index is 172. The molecule has 1 nitrogen and oxygen atoms in total. The summed E-state index contributed by atoms with van der Waals surface area (Å²) < 4.78 is 0.